The fourth-order valence-corrected chi connectivity index (χ4v) is 2.42. The van der Waals surface area contributed by atoms with Gasteiger partial charge in [0.05, 0.1) is 18.8 Å². The number of morpholine rings is 1. The summed E-state index contributed by atoms with van der Waals surface area (Å²) in [7, 11) is 0. The van der Waals surface area contributed by atoms with Crippen molar-refractivity contribution >= 4 is 21.8 Å². The Balaban J connectivity index is 1.84. The van der Waals surface area contributed by atoms with E-state index in [1.54, 1.807) is 18.5 Å². The maximum Gasteiger partial charge on any atom is 0.253 e. The lowest BCUT2D eigenvalue weighted by atomic mass is 10.2. The number of carbonyl (C=O) groups excluding carboxylic acids is 1. The molecule has 0 saturated carbocycles. The van der Waals surface area contributed by atoms with Gasteiger partial charge in [0.1, 0.15) is 0 Å². The molecule has 1 N–H and O–H groups in total. The molecule has 0 spiro atoms. The molecule has 2 heterocycles. The van der Waals surface area contributed by atoms with E-state index in [-0.39, 0.29) is 11.9 Å². The molecule has 19 heavy (non-hydrogen) atoms. The maximum absolute atomic E-state index is 12.0. The molecule has 0 radical (unpaired) electrons. The Kier molecular flexibility index (Phi) is 5.30. The third-order valence-electron chi connectivity index (χ3n) is 2.98. The largest absolute Gasteiger partial charge is 0.379 e. The first-order valence-corrected chi connectivity index (χ1v) is 7.16. The molecular weight excluding hydrogens is 310 g/mol. The molecule has 104 valence electrons. The lowest BCUT2D eigenvalue weighted by Gasteiger charge is -2.29. The fourth-order valence-electron chi connectivity index (χ4n) is 2.06. The SMILES string of the molecule is CC(CN1CCOCC1)NC(=O)c1cncc(Br)c1. The molecule has 6 heteroatoms. The second-order valence-corrected chi connectivity index (χ2v) is 5.59. The highest BCUT2D eigenvalue weighted by molar-refractivity contribution is 9.10. The van der Waals surface area contributed by atoms with Gasteiger partial charge in [0.2, 0.25) is 0 Å². The average Bonchev–Trinajstić information content (AvgIpc) is 2.39. The molecule has 0 aliphatic carbocycles. The van der Waals surface area contributed by atoms with Crippen molar-refractivity contribution in [2.45, 2.75) is 13.0 Å². The molecule has 1 aliphatic heterocycles. The minimum absolute atomic E-state index is 0.0884. The van der Waals surface area contributed by atoms with Crippen LogP contribution in [0.25, 0.3) is 0 Å². The fraction of sp³-hybridized carbons (Fsp3) is 0.538. The van der Waals surface area contributed by atoms with Crippen LogP contribution in [0.15, 0.2) is 22.9 Å². The lowest BCUT2D eigenvalue weighted by Crippen LogP contribution is -2.46. The zero-order valence-electron chi connectivity index (χ0n) is 10.9. The number of ether oxygens (including phenoxy) is 1. The predicted octanol–water partition coefficient (Wildman–Crippen LogP) is 1.29. The van der Waals surface area contributed by atoms with Gasteiger partial charge in [-0.05, 0) is 28.9 Å². The molecule has 0 bridgehead atoms. The van der Waals surface area contributed by atoms with Crippen LogP contribution < -0.4 is 5.32 Å². The van der Waals surface area contributed by atoms with Crippen molar-refractivity contribution in [2.75, 3.05) is 32.8 Å². The molecule has 1 aliphatic rings. The third kappa shape index (κ3) is 4.56. The summed E-state index contributed by atoms with van der Waals surface area (Å²) < 4.78 is 6.11. The Bertz CT molecular complexity index is 436. The van der Waals surface area contributed by atoms with Crippen molar-refractivity contribution in [3.05, 3.63) is 28.5 Å². The highest BCUT2D eigenvalue weighted by Gasteiger charge is 2.16. The van der Waals surface area contributed by atoms with E-state index in [1.165, 1.54) is 0 Å². The minimum Gasteiger partial charge on any atom is -0.379 e. The first-order valence-electron chi connectivity index (χ1n) is 6.36. The van der Waals surface area contributed by atoms with E-state index in [9.17, 15) is 4.79 Å². The van der Waals surface area contributed by atoms with Crippen LogP contribution in [0.4, 0.5) is 0 Å². The van der Waals surface area contributed by atoms with E-state index in [0.717, 1.165) is 37.3 Å². The zero-order valence-corrected chi connectivity index (χ0v) is 12.5. The van der Waals surface area contributed by atoms with E-state index < -0.39 is 0 Å². The molecule has 1 saturated heterocycles. The second kappa shape index (κ2) is 6.98. The average molecular weight is 328 g/mol. The number of hydrogen-bond donors (Lipinski definition) is 1. The van der Waals surface area contributed by atoms with Gasteiger partial charge in [-0.25, -0.2) is 0 Å². The van der Waals surface area contributed by atoms with Crippen LogP contribution in [0, 0.1) is 0 Å². The highest BCUT2D eigenvalue weighted by Crippen LogP contribution is 2.09. The number of nitrogens with zero attached hydrogens (tertiary/aromatic N) is 2. The first-order chi connectivity index (χ1) is 9.15. The molecule has 1 fully saturated rings. The van der Waals surface area contributed by atoms with Crippen molar-refractivity contribution < 1.29 is 9.53 Å². The summed E-state index contributed by atoms with van der Waals surface area (Å²) in [5, 5.41) is 2.99. The second-order valence-electron chi connectivity index (χ2n) is 4.68. The number of halogens is 1. The Morgan fingerprint density at radius 3 is 2.95 bits per heavy atom. The van der Waals surface area contributed by atoms with E-state index in [1.807, 2.05) is 6.92 Å². The maximum atomic E-state index is 12.0. The van der Waals surface area contributed by atoms with E-state index >= 15 is 0 Å². The number of amides is 1. The number of aromatic nitrogens is 1. The van der Waals surface area contributed by atoms with Crippen molar-refractivity contribution in [1.82, 2.24) is 15.2 Å². The summed E-state index contributed by atoms with van der Waals surface area (Å²) in [5.74, 6) is -0.0884. The van der Waals surface area contributed by atoms with Gasteiger partial charge in [-0.2, -0.15) is 0 Å². The number of rotatable bonds is 4. The van der Waals surface area contributed by atoms with Gasteiger partial charge in [0.15, 0.2) is 0 Å². The number of pyridine rings is 1. The zero-order chi connectivity index (χ0) is 13.7. The molecule has 1 aromatic rings. The Morgan fingerprint density at radius 1 is 1.53 bits per heavy atom. The Hall–Kier alpha value is -0.980. The van der Waals surface area contributed by atoms with E-state index in [4.69, 9.17) is 4.74 Å². The molecule has 2 rings (SSSR count). The molecular formula is C13H18BrN3O2. The van der Waals surface area contributed by atoms with Gasteiger partial charge in [-0.15, -0.1) is 0 Å². The number of hydrogen-bond acceptors (Lipinski definition) is 4. The minimum atomic E-state index is -0.0884. The molecule has 0 aromatic carbocycles. The van der Waals surface area contributed by atoms with Crippen molar-refractivity contribution in [2.24, 2.45) is 0 Å². The smallest absolute Gasteiger partial charge is 0.253 e. The summed E-state index contributed by atoms with van der Waals surface area (Å²) in [6.45, 7) is 6.26. The van der Waals surface area contributed by atoms with Gasteiger partial charge in [0, 0.05) is 42.5 Å². The monoisotopic (exact) mass is 327 g/mol. The summed E-state index contributed by atoms with van der Waals surface area (Å²) >= 11 is 3.31. The van der Waals surface area contributed by atoms with Crippen molar-refractivity contribution in [3.63, 3.8) is 0 Å². The van der Waals surface area contributed by atoms with Crippen LogP contribution in [0.5, 0.6) is 0 Å². The number of nitrogens with one attached hydrogen (secondary N) is 1. The highest BCUT2D eigenvalue weighted by atomic mass is 79.9. The summed E-state index contributed by atoms with van der Waals surface area (Å²) in [6.07, 6.45) is 3.23. The van der Waals surface area contributed by atoms with Gasteiger partial charge >= 0.3 is 0 Å². The third-order valence-corrected chi connectivity index (χ3v) is 3.41. The summed E-state index contributed by atoms with van der Waals surface area (Å²) in [6, 6.07) is 1.87. The van der Waals surface area contributed by atoms with Crippen LogP contribution in [0.2, 0.25) is 0 Å². The molecule has 1 unspecified atom stereocenters. The van der Waals surface area contributed by atoms with Crippen LogP contribution in [0.3, 0.4) is 0 Å². The standard InChI is InChI=1S/C13H18BrN3O2/c1-10(9-17-2-4-19-5-3-17)16-13(18)11-6-12(14)8-15-7-11/h6-8,10H,2-5,9H2,1H3,(H,16,18). The molecule has 1 aromatic heterocycles. The van der Waals surface area contributed by atoms with Crippen molar-refractivity contribution in [1.29, 1.82) is 0 Å². The number of carbonyl (C=O) groups is 1. The van der Waals surface area contributed by atoms with E-state index in [2.05, 4.69) is 31.1 Å². The lowest BCUT2D eigenvalue weighted by molar-refractivity contribution is 0.0342. The van der Waals surface area contributed by atoms with Crippen molar-refractivity contribution in [3.8, 4) is 0 Å². The molecule has 5 nitrogen and oxygen atoms in total. The van der Waals surface area contributed by atoms with Crippen LogP contribution in [0.1, 0.15) is 17.3 Å². The quantitative estimate of drug-likeness (QED) is 0.905. The predicted molar refractivity (Wildman–Crippen MR) is 76.1 cm³/mol. The molecule has 1 amide bonds. The van der Waals surface area contributed by atoms with Crippen LogP contribution >= 0.6 is 15.9 Å². The Morgan fingerprint density at radius 2 is 2.26 bits per heavy atom. The van der Waals surface area contributed by atoms with E-state index in [0.29, 0.717) is 5.56 Å². The van der Waals surface area contributed by atoms with Gasteiger partial charge in [-0.1, -0.05) is 0 Å². The van der Waals surface area contributed by atoms with Gasteiger partial charge in [-0.3, -0.25) is 14.7 Å². The first kappa shape index (κ1) is 14.4. The van der Waals surface area contributed by atoms with Crippen LogP contribution in [-0.2, 0) is 4.74 Å². The Labute approximate surface area is 121 Å². The topological polar surface area (TPSA) is 54.5 Å². The molecule has 1 atom stereocenters. The normalized spacial score (nSPS) is 18.0. The van der Waals surface area contributed by atoms with Gasteiger partial charge < -0.3 is 10.1 Å². The van der Waals surface area contributed by atoms with Gasteiger partial charge in [0.25, 0.3) is 5.91 Å². The summed E-state index contributed by atoms with van der Waals surface area (Å²) in [5.41, 5.74) is 0.572. The summed E-state index contributed by atoms with van der Waals surface area (Å²) in [4.78, 5) is 18.3. The van der Waals surface area contributed by atoms with Crippen LogP contribution in [-0.4, -0.2) is 54.7 Å².